The van der Waals surface area contributed by atoms with E-state index in [2.05, 4.69) is 5.10 Å². The highest BCUT2D eigenvalue weighted by atomic mass is 16.6. The number of hydrogen-bond acceptors (Lipinski definition) is 7. The number of rotatable bonds is 6. The zero-order chi connectivity index (χ0) is 24.5. The second-order valence-electron chi connectivity index (χ2n) is 7.76. The number of carbonyl (C=O) groups is 1. The molecule has 0 atom stereocenters. The summed E-state index contributed by atoms with van der Waals surface area (Å²) in [5.74, 6) is -0.748. The molecule has 0 saturated carbocycles. The lowest BCUT2D eigenvalue weighted by Crippen LogP contribution is -2.10. The molecule has 10 heteroatoms. The SMILES string of the molecule is O=C(Oc1nn(Cc2cccc([N+](=O)[O-])c2)c2ccc([N+](=O)[O-])cc12)c1cccc2ccccc12. The molecule has 0 saturated heterocycles. The summed E-state index contributed by atoms with van der Waals surface area (Å²) in [6.07, 6.45) is 0. The number of nitrogens with zero attached hydrogens (tertiary/aromatic N) is 4. The smallest absolute Gasteiger partial charge is 0.345 e. The highest BCUT2D eigenvalue weighted by Gasteiger charge is 2.21. The first kappa shape index (κ1) is 21.7. The van der Waals surface area contributed by atoms with Gasteiger partial charge >= 0.3 is 5.97 Å². The molecule has 0 bridgehead atoms. The third-order valence-electron chi connectivity index (χ3n) is 5.56. The van der Waals surface area contributed by atoms with E-state index in [0.29, 0.717) is 22.0 Å². The Morgan fingerprint density at radius 2 is 1.54 bits per heavy atom. The van der Waals surface area contributed by atoms with E-state index in [1.807, 2.05) is 24.3 Å². The van der Waals surface area contributed by atoms with Gasteiger partial charge in [-0.1, -0.05) is 48.5 Å². The van der Waals surface area contributed by atoms with Gasteiger partial charge in [0, 0.05) is 24.3 Å². The van der Waals surface area contributed by atoms with Crippen molar-refractivity contribution in [2.24, 2.45) is 0 Å². The average molecular weight is 468 g/mol. The molecule has 10 nitrogen and oxygen atoms in total. The van der Waals surface area contributed by atoms with Crippen LogP contribution in [0.25, 0.3) is 21.7 Å². The summed E-state index contributed by atoms with van der Waals surface area (Å²) in [5, 5.41) is 28.7. The third kappa shape index (κ3) is 4.15. The van der Waals surface area contributed by atoms with Gasteiger partial charge in [-0.3, -0.25) is 24.9 Å². The lowest BCUT2D eigenvalue weighted by atomic mass is 10.1. The Hall–Kier alpha value is -5.12. The first-order chi connectivity index (χ1) is 16.9. The number of benzene rings is 4. The summed E-state index contributed by atoms with van der Waals surface area (Å²) < 4.78 is 7.13. The fourth-order valence-corrected chi connectivity index (χ4v) is 3.93. The Bertz CT molecular complexity index is 1640. The fraction of sp³-hybridized carbons (Fsp3) is 0.0400. The van der Waals surface area contributed by atoms with Crippen molar-refractivity contribution in [3.05, 3.63) is 116 Å². The highest BCUT2D eigenvalue weighted by molar-refractivity contribution is 6.05. The quantitative estimate of drug-likeness (QED) is 0.188. The molecule has 0 N–H and O–H groups in total. The highest BCUT2D eigenvalue weighted by Crippen LogP contribution is 2.31. The van der Waals surface area contributed by atoms with Gasteiger partial charge in [-0.05, 0) is 28.5 Å². The topological polar surface area (TPSA) is 130 Å². The Balaban J connectivity index is 1.57. The molecule has 0 radical (unpaired) electrons. The molecule has 5 rings (SSSR count). The van der Waals surface area contributed by atoms with Crippen molar-refractivity contribution in [2.45, 2.75) is 6.54 Å². The van der Waals surface area contributed by atoms with Crippen LogP contribution in [0.3, 0.4) is 0 Å². The first-order valence-corrected chi connectivity index (χ1v) is 10.5. The molecule has 1 heterocycles. The molecule has 0 fully saturated rings. The van der Waals surface area contributed by atoms with Crippen LogP contribution >= 0.6 is 0 Å². The second-order valence-corrected chi connectivity index (χ2v) is 7.76. The Kier molecular flexibility index (Phi) is 5.38. The number of nitro groups is 2. The van der Waals surface area contributed by atoms with Crippen LogP contribution in [0.2, 0.25) is 0 Å². The van der Waals surface area contributed by atoms with Crippen molar-refractivity contribution in [3.63, 3.8) is 0 Å². The van der Waals surface area contributed by atoms with Crippen LogP contribution in [0.5, 0.6) is 5.88 Å². The third-order valence-corrected chi connectivity index (χ3v) is 5.56. The van der Waals surface area contributed by atoms with E-state index in [0.717, 1.165) is 5.39 Å². The van der Waals surface area contributed by atoms with Crippen LogP contribution in [0.4, 0.5) is 11.4 Å². The molecule has 35 heavy (non-hydrogen) atoms. The Morgan fingerprint density at radius 3 is 2.34 bits per heavy atom. The molecule has 0 spiro atoms. The summed E-state index contributed by atoms with van der Waals surface area (Å²) in [7, 11) is 0. The van der Waals surface area contributed by atoms with Gasteiger partial charge in [0.1, 0.15) is 0 Å². The van der Waals surface area contributed by atoms with Gasteiger partial charge in [0.25, 0.3) is 11.4 Å². The van der Waals surface area contributed by atoms with Crippen molar-refractivity contribution < 1.29 is 19.4 Å². The molecule has 5 aromatic rings. The Morgan fingerprint density at radius 1 is 0.829 bits per heavy atom. The van der Waals surface area contributed by atoms with Crippen LogP contribution in [0.15, 0.2) is 84.9 Å². The fourth-order valence-electron chi connectivity index (χ4n) is 3.93. The van der Waals surface area contributed by atoms with Gasteiger partial charge in [0.05, 0.1) is 32.9 Å². The zero-order valence-electron chi connectivity index (χ0n) is 18.0. The molecule has 0 aliphatic heterocycles. The van der Waals surface area contributed by atoms with Gasteiger partial charge in [-0.15, -0.1) is 5.10 Å². The first-order valence-electron chi connectivity index (χ1n) is 10.5. The van der Waals surface area contributed by atoms with Crippen LogP contribution in [0.1, 0.15) is 15.9 Å². The van der Waals surface area contributed by atoms with Gasteiger partial charge in [-0.25, -0.2) is 4.79 Å². The van der Waals surface area contributed by atoms with Crippen LogP contribution < -0.4 is 4.74 Å². The summed E-state index contributed by atoms with van der Waals surface area (Å²) in [4.78, 5) is 34.5. The lowest BCUT2D eigenvalue weighted by Gasteiger charge is -2.06. The number of aromatic nitrogens is 2. The number of non-ortho nitro benzene ring substituents is 2. The van der Waals surface area contributed by atoms with Gasteiger partial charge in [0.15, 0.2) is 0 Å². The summed E-state index contributed by atoms with van der Waals surface area (Å²) in [5.41, 5.74) is 1.14. The van der Waals surface area contributed by atoms with E-state index in [9.17, 15) is 25.0 Å². The van der Waals surface area contributed by atoms with Gasteiger partial charge in [0.2, 0.25) is 5.88 Å². The van der Waals surface area contributed by atoms with E-state index in [1.54, 1.807) is 30.3 Å². The van der Waals surface area contributed by atoms with E-state index in [1.165, 1.54) is 35.0 Å². The molecular formula is C25H16N4O6. The normalized spacial score (nSPS) is 11.0. The maximum absolute atomic E-state index is 13.1. The maximum Gasteiger partial charge on any atom is 0.345 e. The van der Waals surface area contributed by atoms with Crippen LogP contribution in [-0.2, 0) is 6.54 Å². The largest absolute Gasteiger partial charge is 0.402 e. The lowest BCUT2D eigenvalue weighted by molar-refractivity contribution is -0.385. The molecule has 0 amide bonds. The predicted octanol–water partition coefficient (Wildman–Crippen LogP) is 5.27. The minimum absolute atomic E-state index is 0.0720. The van der Waals surface area contributed by atoms with Crippen molar-refractivity contribution in [1.82, 2.24) is 9.78 Å². The molecule has 172 valence electrons. The summed E-state index contributed by atoms with van der Waals surface area (Å²) >= 11 is 0. The van der Waals surface area contributed by atoms with Crippen molar-refractivity contribution in [2.75, 3.05) is 0 Å². The van der Waals surface area contributed by atoms with Crippen molar-refractivity contribution in [1.29, 1.82) is 0 Å². The molecular weight excluding hydrogens is 452 g/mol. The molecule has 0 aliphatic rings. The minimum atomic E-state index is -0.657. The monoisotopic (exact) mass is 468 g/mol. The minimum Gasteiger partial charge on any atom is -0.402 e. The molecule has 4 aromatic carbocycles. The average Bonchev–Trinajstić information content (AvgIpc) is 3.19. The maximum atomic E-state index is 13.1. The molecule has 0 unspecified atom stereocenters. The van der Waals surface area contributed by atoms with Crippen LogP contribution in [-0.4, -0.2) is 25.6 Å². The van der Waals surface area contributed by atoms with E-state index < -0.39 is 15.8 Å². The van der Waals surface area contributed by atoms with Gasteiger partial charge < -0.3 is 4.74 Å². The zero-order valence-corrected chi connectivity index (χ0v) is 18.0. The number of fused-ring (bicyclic) bond motifs is 2. The number of hydrogen-bond donors (Lipinski definition) is 0. The number of esters is 1. The number of ether oxygens (including phenoxy) is 1. The summed E-state index contributed by atoms with van der Waals surface area (Å²) in [6, 6.07) is 22.8. The van der Waals surface area contributed by atoms with E-state index >= 15 is 0 Å². The van der Waals surface area contributed by atoms with Gasteiger partial charge in [-0.2, -0.15) is 0 Å². The number of carbonyl (C=O) groups excluding carboxylic acids is 1. The van der Waals surface area contributed by atoms with Crippen molar-refractivity contribution >= 4 is 39.0 Å². The van der Waals surface area contributed by atoms with E-state index in [4.69, 9.17) is 4.74 Å². The van der Waals surface area contributed by atoms with Crippen LogP contribution in [0, 0.1) is 20.2 Å². The molecule has 0 aliphatic carbocycles. The van der Waals surface area contributed by atoms with Crippen molar-refractivity contribution in [3.8, 4) is 5.88 Å². The standard InChI is InChI=1S/C25H16N4O6/c30-25(21-10-4-7-17-6-1-2-9-20(17)21)35-24-22-14-19(29(33)34)11-12-23(22)27(26-24)15-16-5-3-8-18(13-16)28(31)32/h1-14H,15H2. The van der Waals surface area contributed by atoms with E-state index in [-0.39, 0.29) is 29.2 Å². The summed E-state index contributed by atoms with van der Waals surface area (Å²) in [6.45, 7) is 0.127. The second kappa shape index (κ2) is 8.67. The number of nitro benzene ring substituents is 2. The Labute approximate surface area is 197 Å². The molecule has 1 aromatic heterocycles. The predicted molar refractivity (Wildman–Crippen MR) is 127 cm³/mol.